The van der Waals surface area contributed by atoms with Gasteiger partial charge < -0.3 is 10.2 Å². The van der Waals surface area contributed by atoms with Crippen LogP contribution in [-0.4, -0.2) is 45.2 Å². The van der Waals surface area contributed by atoms with Gasteiger partial charge in [0.1, 0.15) is 6.54 Å². The van der Waals surface area contributed by atoms with Crippen molar-refractivity contribution in [2.45, 2.75) is 40.3 Å². The summed E-state index contributed by atoms with van der Waals surface area (Å²) in [5, 5.41) is 7.81. The van der Waals surface area contributed by atoms with E-state index in [0.29, 0.717) is 19.0 Å². The highest BCUT2D eigenvalue weighted by Gasteiger charge is 2.23. The van der Waals surface area contributed by atoms with Gasteiger partial charge in [-0.2, -0.15) is 5.10 Å². The third kappa shape index (κ3) is 5.67. The zero-order valence-electron chi connectivity index (χ0n) is 15.4. The van der Waals surface area contributed by atoms with Crippen molar-refractivity contribution < 1.29 is 4.79 Å². The summed E-state index contributed by atoms with van der Waals surface area (Å²) in [6.45, 7) is 9.73. The minimum absolute atomic E-state index is 0. The van der Waals surface area contributed by atoms with Crippen molar-refractivity contribution in [2.75, 3.05) is 19.6 Å². The number of halogens is 2. The van der Waals surface area contributed by atoms with Crippen LogP contribution in [0.5, 0.6) is 0 Å². The number of thiazole rings is 1. The van der Waals surface area contributed by atoms with Crippen molar-refractivity contribution in [3.8, 4) is 0 Å². The van der Waals surface area contributed by atoms with Crippen LogP contribution in [0.1, 0.15) is 28.4 Å². The molecule has 1 aliphatic rings. The molecule has 9 heteroatoms. The van der Waals surface area contributed by atoms with Crippen molar-refractivity contribution >= 4 is 42.1 Å². The molecule has 6 nitrogen and oxygen atoms in total. The molecule has 1 saturated heterocycles. The fourth-order valence-electron chi connectivity index (χ4n) is 3.15. The Morgan fingerprint density at radius 3 is 2.69 bits per heavy atom. The van der Waals surface area contributed by atoms with Crippen molar-refractivity contribution in [3.63, 3.8) is 0 Å². The summed E-state index contributed by atoms with van der Waals surface area (Å²) in [7, 11) is 0. The second-order valence-electron chi connectivity index (χ2n) is 6.58. The van der Waals surface area contributed by atoms with E-state index in [-0.39, 0.29) is 30.7 Å². The Balaban J connectivity index is 0.00000169. The monoisotopic (exact) mass is 419 g/mol. The number of aryl methyl sites for hydroxylation is 3. The number of carbonyl (C=O) groups is 1. The number of nitrogens with one attached hydrogen (secondary N) is 1. The Bertz CT molecular complexity index is 712. The number of hydrogen-bond acceptors (Lipinski definition) is 5. The molecule has 0 aliphatic carbocycles. The summed E-state index contributed by atoms with van der Waals surface area (Å²) < 4.78 is 1.80. The third-order valence-electron chi connectivity index (χ3n) is 4.56. The first kappa shape index (κ1) is 22.9. The number of carbonyl (C=O) groups excluding carboxylic acids is 1. The molecule has 1 fully saturated rings. The molecule has 0 radical (unpaired) electrons. The molecule has 146 valence electrons. The predicted octanol–water partition coefficient (Wildman–Crippen LogP) is 2.75. The summed E-state index contributed by atoms with van der Waals surface area (Å²) >= 11 is 1.62. The molecule has 0 spiro atoms. The van der Waals surface area contributed by atoms with E-state index in [4.69, 9.17) is 0 Å². The molecular weight excluding hydrogens is 393 g/mol. The zero-order valence-corrected chi connectivity index (χ0v) is 17.8. The molecule has 0 bridgehead atoms. The van der Waals surface area contributed by atoms with Gasteiger partial charge in [0.25, 0.3) is 0 Å². The van der Waals surface area contributed by atoms with Crippen LogP contribution in [0.15, 0.2) is 11.6 Å². The lowest BCUT2D eigenvalue weighted by molar-refractivity contribution is -0.133. The highest BCUT2D eigenvalue weighted by atomic mass is 35.5. The van der Waals surface area contributed by atoms with E-state index < -0.39 is 0 Å². The Kier molecular flexibility index (Phi) is 9.03. The van der Waals surface area contributed by atoms with Gasteiger partial charge in [-0.1, -0.05) is 0 Å². The quantitative estimate of drug-likeness (QED) is 0.781. The molecule has 1 amide bonds. The van der Waals surface area contributed by atoms with Crippen LogP contribution in [0.3, 0.4) is 0 Å². The molecule has 2 aromatic rings. The first-order valence-corrected chi connectivity index (χ1v) is 9.29. The number of hydrogen-bond donors (Lipinski definition) is 1. The lowest BCUT2D eigenvalue weighted by atomic mass is 10.1. The zero-order chi connectivity index (χ0) is 17.1. The van der Waals surface area contributed by atoms with Gasteiger partial charge in [0.05, 0.1) is 23.4 Å². The summed E-state index contributed by atoms with van der Waals surface area (Å²) in [6.07, 6.45) is 1.13. The predicted molar refractivity (Wildman–Crippen MR) is 109 cm³/mol. The summed E-state index contributed by atoms with van der Waals surface area (Å²) in [6, 6.07) is 2.01. The van der Waals surface area contributed by atoms with Crippen LogP contribution in [-0.2, 0) is 17.9 Å². The van der Waals surface area contributed by atoms with E-state index in [0.717, 1.165) is 43.1 Å². The van der Waals surface area contributed by atoms with E-state index in [1.165, 1.54) is 4.88 Å². The second-order valence-corrected chi connectivity index (χ2v) is 7.52. The molecule has 1 aliphatic heterocycles. The summed E-state index contributed by atoms with van der Waals surface area (Å²) in [5.74, 6) is 0.656. The number of rotatable bonds is 6. The normalized spacial score (nSPS) is 16.0. The van der Waals surface area contributed by atoms with Crippen LogP contribution in [0.2, 0.25) is 0 Å². The van der Waals surface area contributed by atoms with E-state index in [2.05, 4.69) is 15.4 Å². The van der Waals surface area contributed by atoms with Gasteiger partial charge in [0.15, 0.2) is 0 Å². The number of amides is 1. The first-order chi connectivity index (χ1) is 11.5. The topological polar surface area (TPSA) is 63.1 Å². The maximum Gasteiger partial charge on any atom is 0.244 e. The van der Waals surface area contributed by atoms with E-state index >= 15 is 0 Å². The van der Waals surface area contributed by atoms with Crippen LogP contribution >= 0.6 is 36.2 Å². The van der Waals surface area contributed by atoms with E-state index in [9.17, 15) is 4.79 Å². The van der Waals surface area contributed by atoms with E-state index in [1.807, 2.05) is 37.2 Å². The van der Waals surface area contributed by atoms with Gasteiger partial charge in [0, 0.05) is 17.1 Å². The average molecular weight is 420 g/mol. The first-order valence-electron chi connectivity index (χ1n) is 8.41. The molecule has 1 atom stereocenters. The van der Waals surface area contributed by atoms with Gasteiger partial charge in [-0.15, -0.1) is 36.2 Å². The maximum atomic E-state index is 12.9. The van der Waals surface area contributed by atoms with Crippen molar-refractivity contribution in [3.05, 3.63) is 33.5 Å². The van der Waals surface area contributed by atoms with Crippen molar-refractivity contribution in [1.82, 2.24) is 25.0 Å². The summed E-state index contributed by atoms with van der Waals surface area (Å²) in [5.41, 5.74) is 4.85. The molecular formula is C17H27Cl2N5OS. The Morgan fingerprint density at radius 2 is 2.15 bits per heavy atom. The smallest absolute Gasteiger partial charge is 0.244 e. The minimum Gasteiger partial charge on any atom is -0.336 e. The fourth-order valence-corrected chi connectivity index (χ4v) is 3.94. The molecule has 3 rings (SSSR count). The SMILES string of the molecule is Cc1cc(C)n(CC(=O)N(Cc2scnc2C)CC2CCNC2)n1.Cl.Cl. The van der Waals surface area contributed by atoms with Gasteiger partial charge in [0.2, 0.25) is 5.91 Å². The molecule has 26 heavy (non-hydrogen) atoms. The Hall–Kier alpha value is -1.15. The van der Waals surface area contributed by atoms with Crippen LogP contribution < -0.4 is 5.32 Å². The fraction of sp³-hybridized carbons (Fsp3) is 0.588. The largest absolute Gasteiger partial charge is 0.336 e. The minimum atomic E-state index is 0. The van der Waals surface area contributed by atoms with Gasteiger partial charge in [-0.3, -0.25) is 9.48 Å². The van der Waals surface area contributed by atoms with Crippen LogP contribution in [0.4, 0.5) is 0 Å². The van der Waals surface area contributed by atoms with Crippen LogP contribution in [0.25, 0.3) is 0 Å². The highest BCUT2D eigenvalue weighted by Crippen LogP contribution is 2.18. The average Bonchev–Trinajstić information content (AvgIpc) is 3.24. The highest BCUT2D eigenvalue weighted by molar-refractivity contribution is 7.09. The number of nitrogens with zero attached hydrogens (tertiary/aromatic N) is 4. The van der Waals surface area contributed by atoms with Crippen molar-refractivity contribution in [1.29, 1.82) is 0 Å². The Labute approximate surface area is 171 Å². The molecule has 3 heterocycles. The molecule has 1 N–H and O–H groups in total. The second kappa shape index (κ2) is 10.3. The lowest BCUT2D eigenvalue weighted by Crippen LogP contribution is -2.38. The number of aromatic nitrogens is 3. The molecule has 0 aromatic carbocycles. The van der Waals surface area contributed by atoms with Gasteiger partial charge in [-0.25, -0.2) is 4.98 Å². The maximum absolute atomic E-state index is 12.9. The molecule has 1 unspecified atom stereocenters. The van der Waals surface area contributed by atoms with E-state index in [1.54, 1.807) is 16.0 Å². The summed E-state index contributed by atoms with van der Waals surface area (Å²) in [4.78, 5) is 20.4. The lowest BCUT2D eigenvalue weighted by Gasteiger charge is -2.25. The molecule has 0 saturated carbocycles. The van der Waals surface area contributed by atoms with Crippen LogP contribution in [0, 0.1) is 26.7 Å². The third-order valence-corrected chi connectivity index (χ3v) is 5.48. The standard InChI is InChI=1S/C17H25N5OS.2ClH/c1-12-6-13(2)22(20-12)10-17(23)21(8-15-4-5-18-7-15)9-16-14(3)19-11-24-16;;/h6,11,15,18H,4-5,7-10H2,1-3H3;2*1H. The molecule has 2 aromatic heterocycles. The Morgan fingerprint density at radius 1 is 1.38 bits per heavy atom. The van der Waals surface area contributed by atoms with Gasteiger partial charge >= 0.3 is 0 Å². The van der Waals surface area contributed by atoms with Crippen molar-refractivity contribution in [2.24, 2.45) is 5.92 Å². The van der Waals surface area contributed by atoms with Gasteiger partial charge in [-0.05, 0) is 52.3 Å².